The maximum Gasteiger partial charge on any atom is 0.123 e. The molecule has 2 saturated heterocycles. The minimum Gasteiger partial charge on any atom is -0.326 e. The number of nitrogens with one attached hydrogen (secondary N) is 1. The van der Waals surface area contributed by atoms with Crippen LogP contribution in [0.3, 0.4) is 0 Å². The molecule has 128 valence electrons. The summed E-state index contributed by atoms with van der Waals surface area (Å²) in [5.74, 6) is -0.187. The highest BCUT2D eigenvalue weighted by atomic mass is 19.1. The van der Waals surface area contributed by atoms with Gasteiger partial charge in [0, 0.05) is 31.9 Å². The highest BCUT2D eigenvalue weighted by Gasteiger charge is 2.35. The van der Waals surface area contributed by atoms with Gasteiger partial charge in [-0.25, -0.2) is 9.37 Å². The van der Waals surface area contributed by atoms with Crippen molar-refractivity contribution < 1.29 is 4.39 Å². The molecule has 4 nitrogen and oxygen atoms in total. The minimum absolute atomic E-state index is 0.159. The van der Waals surface area contributed by atoms with Gasteiger partial charge in [0.2, 0.25) is 0 Å². The lowest BCUT2D eigenvalue weighted by Gasteiger charge is -2.45. The van der Waals surface area contributed by atoms with Gasteiger partial charge in [-0.15, -0.1) is 0 Å². The number of benzene rings is 1. The van der Waals surface area contributed by atoms with E-state index < -0.39 is 0 Å². The molecule has 0 amide bonds. The molecular weight excluding hydrogens is 303 g/mol. The molecule has 24 heavy (non-hydrogen) atoms. The molecule has 3 unspecified atom stereocenters. The normalized spacial score (nSPS) is 26.1. The molecule has 2 aliphatic rings. The lowest BCUT2D eigenvalue weighted by Crippen LogP contribution is -2.54. The molecule has 0 saturated carbocycles. The lowest BCUT2D eigenvalue weighted by molar-refractivity contribution is 0.0575. The SMILES string of the molecule is CC(c1ccc(F)cc1)n1cncc1C1CCCC2CNCCN21. The quantitative estimate of drug-likeness (QED) is 0.940. The van der Waals surface area contributed by atoms with Crippen LogP contribution in [0.15, 0.2) is 36.8 Å². The molecule has 2 fully saturated rings. The van der Waals surface area contributed by atoms with Crippen LogP contribution in [0.2, 0.25) is 0 Å². The Morgan fingerprint density at radius 3 is 2.92 bits per heavy atom. The highest BCUT2D eigenvalue weighted by Crippen LogP contribution is 2.36. The second-order valence-corrected chi connectivity index (χ2v) is 7.00. The maximum atomic E-state index is 13.2. The van der Waals surface area contributed by atoms with E-state index in [0.29, 0.717) is 12.1 Å². The fraction of sp³-hybridized carbons (Fsp3) is 0.526. The summed E-state index contributed by atoms with van der Waals surface area (Å²) in [6, 6.07) is 8.06. The van der Waals surface area contributed by atoms with Crippen molar-refractivity contribution in [3.63, 3.8) is 0 Å². The summed E-state index contributed by atoms with van der Waals surface area (Å²) in [5, 5.41) is 3.52. The molecule has 0 spiro atoms. The number of piperidine rings is 1. The second kappa shape index (κ2) is 6.65. The molecular formula is C19H25FN4. The van der Waals surface area contributed by atoms with Crippen molar-refractivity contribution in [2.45, 2.75) is 44.3 Å². The molecule has 2 aromatic rings. The molecule has 5 heteroatoms. The van der Waals surface area contributed by atoms with E-state index in [0.717, 1.165) is 25.2 Å². The molecule has 2 aliphatic heterocycles. The van der Waals surface area contributed by atoms with Crippen LogP contribution in [0.25, 0.3) is 0 Å². The van der Waals surface area contributed by atoms with Crippen LogP contribution in [0.5, 0.6) is 0 Å². The highest BCUT2D eigenvalue weighted by molar-refractivity contribution is 5.22. The third kappa shape index (κ3) is 2.87. The molecule has 1 aromatic carbocycles. The molecule has 1 aromatic heterocycles. The number of imidazole rings is 1. The van der Waals surface area contributed by atoms with Crippen LogP contribution < -0.4 is 5.32 Å². The summed E-state index contributed by atoms with van der Waals surface area (Å²) < 4.78 is 15.5. The topological polar surface area (TPSA) is 33.1 Å². The van der Waals surface area contributed by atoms with Crippen LogP contribution in [0.1, 0.15) is 49.5 Å². The smallest absolute Gasteiger partial charge is 0.123 e. The van der Waals surface area contributed by atoms with Gasteiger partial charge in [-0.2, -0.15) is 0 Å². The Balaban J connectivity index is 1.63. The molecule has 3 atom stereocenters. The standard InChI is InChI=1S/C19H25FN4/c1-14(15-5-7-16(20)8-6-15)24-13-22-12-19(24)18-4-2-3-17-11-21-9-10-23(17)18/h5-8,12-14,17-18,21H,2-4,9-11H2,1H3. The number of fused-ring (bicyclic) bond motifs is 1. The van der Waals surface area contributed by atoms with E-state index in [1.807, 2.05) is 24.7 Å². The third-order valence-electron chi connectivity index (χ3n) is 5.62. The number of aromatic nitrogens is 2. The average Bonchev–Trinajstić information content (AvgIpc) is 3.11. The number of nitrogens with zero attached hydrogens (tertiary/aromatic N) is 3. The molecule has 3 heterocycles. The van der Waals surface area contributed by atoms with Gasteiger partial charge >= 0.3 is 0 Å². The van der Waals surface area contributed by atoms with Crippen molar-refractivity contribution in [1.29, 1.82) is 0 Å². The fourth-order valence-corrected chi connectivity index (χ4v) is 4.28. The average molecular weight is 328 g/mol. The summed E-state index contributed by atoms with van der Waals surface area (Å²) in [4.78, 5) is 7.10. The Hall–Kier alpha value is -1.72. The van der Waals surface area contributed by atoms with Crippen LogP contribution >= 0.6 is 0 Å². The van der Waals surface area contributed by atoms with Crippen molar-refractivity contribution in [3.05, 3.63) is 53.9 Å². The summed E-state index contributed by atoms with van der Waals surface area (Å²) in [6.07, 6.45) is 7.69. The van der Waals surface area contributed by atoms with Gasteiger partial charge in [0.05, 0.1) is 24.1 Å². The Bertz CT molecular complexity index is 679. The van der Waals surface area contributed by atoms with Gasteiger partial charge in [0.25, 0.3) is 0 Å². The summed E-state index contributed by atoms with van der Waals surface area (Å²) in [7, 11) is 0. The number of piperazine rings is 1. The maximum absolute atomic E-state index is 13.2. The summed E-state index contributed by atoms with van der Waals surface area (Å²) in [6.45, 7) is 5.43. The zero-order valence-electron chi connectivity index (χ0n) is 14.2. The van der Waals surface area contributed by atoms with Crippen LogP contribution in [-0.2, 0) is 0 Å². The van der Waals surface area contributed by atoms with Gasteiger partial charge in [0.15, 0.2) is 0 Å². The Kier molecular flexibility index (Phi) is 4.37. The number of hydrogen-bond donors (Lipinski definition) is 1. The molecule has 0 radical (unpaired) electrons. The van der Waals surface area contributed by atoms with Gasteiger partial charge in [0.1, 0.15) is 5.82 Å². The van der Waals surface area contributed by atoms with E-state index in [9.17, 15) is 4.39 Å². The monoisotopic (exact) mass is 328 g/mol. The predicted octanol–water partition coefficient (Wildman–Crippen LogP) is 3.13. The summed E-state index contributed by atoms with van der Waals surface area (Å²) >= 11 is 0. The van der Waals surface area contributed by atoms with Gasteiger partial charge < -0.3 is 9.88 Å². The van der Waals surface area contributed by atoms with Gasteiger partial charge in [-0.3, -0.25) is 4.90 Å². The first-order chi connectivity index (χ1) is 11.7. The van der Waals surface area contributed by atoms with Crippen molar-refractivity contribution in [2.24, 2.45) is 0 Å². The summed E-state index contributed by atoms with van der Waals surface area (Å²) in [5.41, 5.74) is 2.40. The fourth-order valence-electron chi connectivity index (χ4n) is 4.28. The van der Waals surface area contributed by atoms with E-state index in [1.165, 1.54) is 37.1 Å². The zero-order valence-corrected chi connectivity index (χ0v) is 14.2. The zero-order chi connectivity index (χ0) is 16.5. The Morgan fingerprint density at radius 1 is 1.25 bits per heavy atom. The van der Waals surface area contributed by atoms with Crippen molar-refractivity contribution in [3.8, 4) is 0 Å². The molecule has 1 N–H and O–H groups in total. The first-order valence-corrected chi connectivity index (χ1v) is 8.97. The first-order valence-electron chi connectivity index (χ1n) is 8.97. The predicted molar refractivity (Wildman–Crippen MR) is 92.4 cm³/mol. The Morgan fingerprint density at radius 2 is 2.08 bits per heavy atom. The second-order valence-electron chi connectivity index (χ2n) is 7.00. The molecule has 0 aliphatic carbocycles. The lowest BCUT2D eigenvalue weighted by atomic mass is 9.92. The van der Waals surface area contributed by atoms with E-state index in [-0.39, 0.29) is 11.9 Å². The molecule has 4 rings (SSSR count). The van der Waals surface area contributed by atoms with Gasteiger partial charge in [-0.1, -0.05) is 12.1 Å². The van der Waals surface area contributed by atoms with E-state index >= 15 is 0 Å². The van der Waals surface area contributed by atoms with Crippen molar-refractivity contribution in [2.75, 3.05) is 19.6 Å². The van der Waals surface area contributed by atoms with E-state index in [1.54, 1.807) is 0 Å². The molecule has 0 bridgehead atoms. The largest absolute Gasteiger partial charge is 0.326 e. The van der Waals surface area contributed by atoms with Crippen molar-refractivity contribution in [1.82, 2.24) is 19.8 Å². The van der Waals surface area contributed by atoms with Crippen LogP contribution in [0.4, 0.5) is 4.39 Å². The van der Waals surface area contributed by atoms with Crippen LogP contribution in [-0.4, -0.2) is 40.1 Å². The number of rotatable bonds is 3. The third-order valence-corrected chi connectivity index (χ3v) is 5.62. The Labute approximate surface area is 142 Å². The van der Waals surface area contributed by atoms with Gasteiger partial charge in [-0.05, 0) is 43.9 Å². The minimum atomic E-state index is -0.187. The van der Waals surface area contributed by atoms with Crippen LogP contribution in [0, 0.1) is 5.82 Å². The van der Waals surface area contributed by atoms with E-state index in [4.69, 9.17) is 0 Å². The first kappa shape index (κ1) is 15.8. The van der Waals surface area contributed by atoms with Crippen molar-refractivity contribution >= 4 is 0 Å². The number of hydrogen-bond acceptors (Lipinski definition) is 3. The van der Waals surface area contributed by atoms with E-state index in [2.05, 4.69) is 26.7 Å². The number of halogens is 1.